The Morgan fingerprint density at radius 3 is 2.25 bits per heavy atom. The topological polar surface area (TPSA) is 38.9 Å². The van der Waals surface area contributed by atoms with Crippen LogP contribution in [0.25, 0.3) is 11.1 Å². The number of nitrogens with zero attached hydrogens (tertiary/aromatic N) is 1. The first-order chi connectivity index (χ1) is 7.59. The number of nitrogen functional groups attached to an aromatic ring is 1. The SMILES string of the molecule is Cc1cc(C)c(-c2cnccc2N)c(C)c1. The molecule has 0 amide bonds. The molecule has 0 saturated heterocycles. The number of aryl methyl sites for hydroxylation is 3. The summed E-state index contributed by atoms with van der Waals surface area (Å²) >= 11 is 0. The Morgan fingerprint density at radius 1 is 1.06 bits per heavy atom. The summed E-state index contributed by atoms with van der Waals surface area (Å²) in [5.74, 6) is 0. The molecule has 0 aliphatic carbocycles. The third-order valence-corrected chi connectivity index (χ3v) is 2.80. The maximum Gasteiger partial charge on any atom is 0.0424 e. The Kier molecular flexibility index (Phi) is 2.65. The zero-order valence-electron chi connectivity index (χ0n) is 9.91. The van der Waals surface area contributed by atoms with E-state index in [0.717, 1.165) is 11.3 Å². The Hall–Kier alpha value is -1.83. The van der Waals surface area contributed by atoms with Gasteiger partial charge in [-0.1, -0.05) is 17.7 Å². The van der Waals surface area contributed by atoms with E-state index in [0.29, 0.717) is 0 Å². The van der Waals surface area contributed by atoms with Crippen LogP contribution in [0.4, 0.5) is 5.69 Å². The van der Waals surface area contributed by atoms with Crippen molar-refractivity contribution in [3.8, 4) is 11.1 Å². The summed E-state index contributed by atoms with van der Waals surface area (Å²) in [5, 5.41) is 0. The van der Waals surface area contributed by atoms with Crippen molar-refractivity contribution in [2.45, 2.75) is 20.8 Å². The highest BCUT2D eigenvalue weighted by molar-refractivity contribution is 5.80. The van der Waals surface area contributed by atoms with Crippen molar-refractivity contribution in [1.82, 2.24) is 4.98 Å². The summed E-state index contributed by atoms with van der Waals surface area (Å²) in [6.07, 6.45) is 3.55. The molecule has 1 aromatic heterocycles. The number of rotatable bonds is 1. The highest BCUT2D eigenvalue weighted by Crippen LogP contribution is 2.31. The van der Waals surface area contributed by atoms with Crippen LogP contribution in [-0.4, -0.2) is 4.98 Å². The molecule has 2 rings (SSSR count). The van der Waals surface area contributed by atoms with Crippen LogP contribution in [0.1, 0.15) is 16.7 Å². The van der Waals surface area contributed by atoms with Crippen molar-refractivity contribution in [3.63, 3.8) is 0 Å². The Morgan fingerprint density at radius 2 is 1.69 bits per heavy atom. The minimum Gasteiger partial charge on any atom is -0.398 e. The van der Waals surface area contributed by atoms with Crippen LogP contribution < -0.4 is 5.73 Å². The second-order valence-corrected chi connectivity index (χ2v) is 4.24. The first-order valence-electron chi connectivity index (χ1n) is 5.37. The highest BCUT2D eigenvalue weighted by atomic mass is 14.7. The van der Waals surface area contributed by atoms with Gasteiger partial charge in [0.25, 0.3) is 0 Å². The van der Waals surface area contributed by atoms with Crippen LogP contribution in [0.2, 0.25) is 0 Å². The van der Waals surface area contributed by atoms with Crippen LogP contribution >= 0.6 is 0 Å². The molecule has 0 saturated carbocycles. The molecule has 2 heteroatoms. The van der Waals surface area contributed by atoms with Gasteiger partial charge in [-0.3, -0.25) is 4.98 Å². The van der Waals surface area contributed by atoms with E-state index in [4.69, 9.17) is 5.73 Å². The number of hydrogen-bond acceptors (Lipinski definition) is 2. The van der Waals surface area contributed by atoms with Crippen molar-refractivity contribution in [2.24, 2.45) is 0 Å². The van der Waals surface area contributed by atoms with E-state index in [-0.39, 0.29) is 0 Å². The Balaban J connectivity index is 2.70. The van der Waals surface area contributed by atoms with Crippen LogP contribution in [-0.2, 0) is 0 Å². The van der Waals surface area contributed by atoms with E-state index in [1.54, 1.807) is 6.20 Å². The predicted octanol–water partition coefficient (Wildman–Crippen LogP) is 3.26. The van der Waals surface area contributed by atoms with Gasteiger partial charge in [0.05, 0.1) is 0 Å². The lowest BCUT2D eigenvalue weighted by Gasteiger charge is -2.12. The molecular formula is C14H16N2. The fraction of sp³-hybridized carbons (Fsp3) is 0.214. The number of aromatic nitrogens is 1. The molecule has 1 aromatic carbocycles. The van der Waals surface area contributed by atoms with E-state index in [2.05, 4.69) is 37.9 Å². The standard InChI is InChI=1S/C14H16N2/c1-9-6-10(2)14(11(3)7-9)12-8-16-5-4-13(12)15/h4-8H,1-3H3,(H2,15,16). The quantitative estimate of drug-likeness (QED) is 0.788. The van der Waals surface area contributed by atoms with Gasteiger partial charge in [-0.05, 0) is 43.5 Å². The van der Waals surface area contributed by atoms with Crippen molar-refractivity contribution in [3.05, 3.63) is 47.3 Å². The molecule has 0 radical (unpaired) electrons. The van der Waals surface area contributed by atoms with Crippen LogP contribution in [0.15, 0.2) is 30.6 Å². The Bertz CT molecular complexity index is 507. The number of hydrogen-bond donors (Lipinski definition) is 1. The lowest BCUT2D eigenvalue weighted by atomic mass is 9.94. The number of anilines is 1. The van der Waals surface area contributed by atoms with E-state index < -0.39 is 0 Å². The van der Waals surface area contributed by atoms with Crippen LogP contribution in [0.5, 0.6) is 0 Å². The van der Waals surface area contributed by atoms with Crippen LogP contribution in [0.3, 0.4) is 0 Å². The van der Waals surface area contributed by atoms with Gasteiger partial charge in [-0.2, -0.15) is 0 Å². The molecule has 82 valence electrons. The maximum atomic E-state index is 5.99. The summed E-state index contributed by atoms with van der Waals surface area (Å²) in [7, 11) is 0. The van der Waals surface area contributed by atoms with Crippen LogP contribution in [0, 0.1) is 20.8 Å². The number of pyridine rings is 1. The van der Waals surface area contributed by atoms with Crippen molar-refractivity contribution in [1.29, 1.82) is 0 Å². The smallest absolute Gasteiger partial charge is 0.0424 e. The molecule has 0 spiro atoms. The highest BCUT2D eigenvalue weighted by Gasteiger charge is 2.09. The molecule has 0 fully saturated rings. The molecular weight excluding hydrogens is 196 g/mol. The van der Waals surface area contributed by atoms with E-state index >= 15 is 0 Å². The number of nitrogens with two attached hydrogens (primary N) is 1. The first kappa shape index (κ1) is 10.7. The van der Waals surface area contributed by atoms with Gasteiger partial charge < -0.3 is 5.73 Å². The van der Waals surface area contributed by atoms with Crippen molar-refractivity contribution < 1.29 is 0 Å². The van der Waals surface area contributed by atoms with Gasteiger partial charge in [0.1, 0.15) is 0 Å². The third-order valence-electron chi connectivity index (χ3n) is 2.80. The molecule has 0 unspecified atom stereocenters. The second-order valence-electron chi connectivity index (χ2n) is 4.24. The molecule has 0 aliphatic heterocycles. The van der Waals surface area contributed by atoms with Gasteiger partial charge in [-0.25, -0.2) is 0 Å². The molecule has 1 heterocycles. The minimum absolute atomic E-state index is 0.782. The van der Waals surface area contributed by atoms with Crippen molar-refractivity contribution in [2.75, 3.05) is 5.73 Å². The summed E-state index contributed by atoms with van der Waals surface area (Å²) in [6, 6.07) is 6.19. The Labute approximate surface area is 96.1 Å². The fourth-order valence-corrected chi connectivity index (χ4v) is 2.22. The van der Waals surface area contributed by atoms with Gasteiger partial charge in [0.15, 0.2) is 0 Å². The van der Waals surface area contributed by atoms with Gasteiger partial charge in [0, 0.05) is 23.6 Å². The molecule has 2 aromatic rings. The predicted molar refractivity (Wildman–Crippen MR) is 68.3 cm³/mol. The molecule has 2 N–H and O–H groups in total. The van der Waals surface area contributed by atoms with Gasteiger partial charge in [0.2, 0.25) is 0 Å². The van der Waals surface area contributed by atoms with E-state index in [1.165, 1.54) is 22.3 Å². The summed E-state index contributed by atoms with van der Waals surface area (Å²) in [4.78, 5) is 4.15. The summed E-state index contributed by atoms with van der Waals surface area (Å²) in [5.41, 5.74) is 12.8. The number of benzene rings is 1. The monoisotopic (exact) mass is 212 g/mol. The third kappa shape index (κ3) is 1.78. The normalized spacial score (nSPS) is 10.4. The largest absolute Gasteiger partial charge is 0.398 e. The van der Waals surface area contributed by atoms with Crippen molar-refractivity contribution >= 4 is 5.69 Å². The fourth-order valence-electron chi connectivity index (χ4n) is 2.22. The zero-order valence-corrected chi connectivity index (χ0v) is 9.91. The molecule has 16 heavy (non-hydrogen) atoms. The molecule has 0 aliphatic rings. The van der Waals surface area contributed by atoms with Gasteiger partial charge in [-0.15, -0.1) is 0 Å². The molecule has 2 nitrogen and oxygen atoms in total. The average molecular weight is 212 g/mol. The van der Waals surface area contributed by atoms with E-state index in [9.17, 15) is 0 Å². The minimum atomic E-state index is 0.782. The molecule has 0 bridgehead atoms. The zero-order chi connectivity index (χ0) is 11.7. The first-order valence-corrected chi connectivity index (χ1v) is 5.37. The lowest BCUT2D eigenvalue weighted by Crippen LogP contribution is -1.95. The molecule has 0 atom stereocenters. The maximum absolute atomic E-state index is 5.99. The average Bonchev–Trinajstić information content (AvgIpc) is 2.19. The lowest BCUT2D eigenvalue weighted by molar-refractivity contribution is 1.29. The van der Waals surface area contributed by atoms with Gasteiger partial charge >= 0.3 is 0 Å². The summed E-state index contributed by atoms with van der Waals surface area (Å²) in [6.45, 7) is 6.33. The van der Waals surface area contributed by atoms with E-state index in [1.807, 2.05) is 12.3 Å². The second kappa shape index (κ2) is 3.97. The summed E-state index contributed by atoms with van der Waals surface area (Å²) < 4.78 is 0.